The Balaban J connectivity index is 1.71. The minimum Gasteiger partial charge on any atom is -0.344 e. The molecular weight excluding hydrogens is 352 g/mol. The van der Waals surface area contributed by atoms with Gasteiger partial charge in [-0.2, -0.15) is 13.2 Å². The quantitative estimate of drug-likeness (QED) is 0.816. The maximum absolute atomic E-state index is 14.1. The monoisotopic (exact) mass is 370 g/mol. The van der Waals surface area contributed by atoms with Crippen molar-refractivity contribution < 1.29 is 22.4 Å². The highest BCUT2D eigenvalue weighted by atomic mass is 19.4. The van der Waals surface area contributed by atoms with Crippen LogP contribution in [-0.2, 0) is 16.5 Å². The van der Waals surface area contributed by atoms with E-state index in [1.165, 1.54) is 12.3 Å². The predicted octanol–water partition coefficient (Wildman–Crippen LogP) is 2.31. The zero-order valence-electron chi connectivity index (χ0n) is 14.2. The van der Waals surface area contributed by atoms with Crippen LogP contribution in [0.2, 0.25) is 0 Å². The number of hydrogen-bond acceptors (Lipinski definition) is 3. The van der Waals surface area contributed by atoms with Gasteiger partial charge in [0.2, 0.25) is 5.91 Å². The lowest BCUT2D eigenvalue weighted by atomic mass is 10.0. The highest BCUT2D eigenvalue weighted by molar-refractivity contribution is 5.83. The van der Waals surface area contributed by atoms with E-state index in [9.17, 15) is 22.4 Å². The van der Waals surface area contributed by atoms with E-state index >= 15 is 0 Å². The Hall–Kier alpha value is -2.16. The van der Waals surface area contributed by atoms with Crippen molar-refractivity contribution in [2.24, 2.45) is 17.8 Å². The topological polar surface area (TPSA) is 58.4 Å². The van der Waals surface area contributed by atoms with Gasteiger partial charge in [-0.25, -0.2) is 9.37 Å². The summed E-state index contributed by atoms with van der Waals surface area (Å²) in [6.07, 6.45) is -3.48. The number of alkyl halides is 3. The summed E-state index contributed by atoms with van der Waals surface area (Å²) in [6.45, 7) is 4.69. The number of nitrogens with one attached hydrogen (secondary N) is 2. The maximum Gasteiger partial charge on any atom is 0.435 e. The van der Waals surface area contributed by atoms with Gasteiger partial charge in [0.05, 0.1) is 5.54 Å². The van der Waals surface area contributed by atoms with Gasteiger partial charge in [-0.1, -0.05) is 0 Å². The minimum absolute atomic E-state index is 0.0587. The smallest absolute Gasteiger partial charge is 0.344 e. The number of halogens is 4. The third-order valence-corrected chi connectivity index (χ3v) is 5.27. The first-order valence-electron chi connectivity index (χ1n) is 8.38. The maximum atomic E-state index is 14.1. The van der Waals surface area contributed by atoms with E-state index in [4.69, 9.17) is 0 Å². The molecule has 2 N–H and O–H groups in total. The lowest BCUT2D eigenvalue weighted by molar-refractivity contribution is -0.139. The van der Waals surface area contributed by atoms with Crippen molar-refractivity contribution in [3.05, 3.63) is 35.7 Å². The molecule has 4 rings (SSSR count). The van der Waals surface area contributed by atoms with Crippen LogP contribution < -0.4 is 10.6 Å². The van der Waals surface area contributed by atoms with Gasteiger partial charge in [-0.15, -0.1) is 0 Å². The first-order chi connectivity index (χ1) is 12.1. The van der Waals surface area contributed by atoms with Crippen molar-refractivity contribution in [2.75, 3.05) is 13.1 Å². The van der Waals surface area contributed by atoms with Gasteiger partial charge >= 0.3 is 6.18 Å². The summed E-state index contributed by atoms with van der Waals surface area (Å²) in [4.78, 5) is 16.2. The number of nitrogens with zero attached hydrogens (tertiary/aromatic N) is 2. The second-order valence-electron chi connectivity index (χ2n) is 7.48. The second-order valence-corrected chi connectivity index (χ2v) is 7.48. The number of carbonyl (C=O) groups excluding carboxylic acids is 1. The van der Waals surface area contributed by atoms with Crippen LogP contribution in [0.25, 0.3) is 5.52 Å². The van der Waals surface area contributed by atoms with Crippen molar-refractivity contribution in [2.45, 2.75) is 25.6 Å². The Morgan fingerprint density at radius 3 is 2.58 bits per heavy atom. The van der Waals surface area contributed by atoms with Crippen molar-refractivity contribution in [1.82, 2.24) is 20.0 Å². The number of pyridine rings is 1. The van der Waals surface area contributed by atoms with E-state index < -0.39 is 28.7 Å². The van der Waals surface area contributed by atoms with Crippen LogP contribution in [0.4, 0.5) is 17.6 Å². The molecule has 26 heavy (non-hydrogen) atoms. The van der Waals surface area contributed by atoms with E-state index in [1.807, 2.05) is 0 Å². The fraction of sp³-hybridized carbons (Fsp3) is 0.529. The molecule has 3 heterocycles. The molecule has 2 aromatic heterocycles. The van der Waals surface area contributed by atoms with Gasteiger partial charge in [-0.05, 0) is 50.9 Å². The molecule has 1 saturated carbocycles. The minimum atomic E-state index is -4.80. The molecule has 0 aromatic carbocycles. The number of rotatable bonds is 3. The van der Waals surface area contributed by atoms with Crippen LogP contribution >= 0.6 is 0 Å². The molecule has 2 aliphatic rings. The van der Waals surface area contributed by atoms with Gasteiger partial charge in [0.15, 0.2) is 5.69 Å². The Morgan fingerprint density at radius 1 is 1.31 bits per heavy atom. The summed E-state index contributed by atoms with van der Waals surface area (Å²) in [5, 5.41) is 5.99. The molecule has 1 aliphatic carbocycles. The van der Waals surface area contributed by atoms with Crippen molar-refractivity contribution in [3.63, 3.8) is 0 Å². The molecule has 0 radical (unpaired) electrons. The van der Waals surface area contributed by atoms with Crippen molar-refractivity contribution in [3.8, 4) is 0 Å². The second kappa shape index (κ2) is 5.42. The first kappa shape index (κ1) is 17.3. The largest absolute Gasteiger partial charge is 0.435 e. The normalized spacial score (nSPS) is 25.4. The van der Waals surface area contributed by atoms with Crippen LogP contribution in [0.15, 0.2) is 18.3 Å². The third-order valence-electron chi connectivity index (χ3n) is 5.27. The average Bonchev–Trinajstić information content (AvgIpc) is 2.89. The molecule has 5 nitrogen and oxygen atoms in total. The van der Waals surface area contributed by atoms with Crippen molar-refractivity contribution in [1.29, 1.82) is 0 Å². The zero-order chi connectivity index (χ0) is 18.9. The first-order valence-corrected chi connectivity index (χ1v) is 8.38. The van der Waals surface area contributed by atoms with E-state index in [0.717, 1.165) is 23.6 Å². The van der Waals surface area contributed by atoms with Crippen LogP contribution in [0, 0.1) is 23.6 Å². The number of carbonyl (C=O) groups is 1. The number of hydrogen-bond donors (Lipinski definition) is 2. The fourth-order valence-corrected chi connectivity index (χ4v) is 3.99. The molecule has 9 heteroatoms. The molecule has 1 aliphatic heterocycles. The summed E-state index contributed by atoms with van der Waals surface area (Å²) < 4.78 is 55.1. The number of aromatic nitrogens is 2. The van der Waals surface area contributed by atoms with Crippen LogP contribution in [0.5, 0.6) is 0 Å². The van der Waals surface area contributed by atoms with Crippen molar-refractivity contribution >= 4 is 11.4 Å². The summed E-state index contributed by atoms with van der Waals surface area (Å²) in [5.41, 5.74) is -3.12. The molecule has 0 bridgehead atoms. The Kier molecular flexibility index (Phi) is 3.60. The van der Waals surface area contributed by atoms with Gasteiger partial charge < -0.3 is 10.6 Å². The standard InChI is InChI=1S/C17H18F4N4O/c1-16(2,24-14(26)11-8-6-22-7-9(8)11)15-23-13(17(19,20)21)12-10(18)4-3-5-25(12)15/h3-5,8-9,11,22H,6-7H2,1-2H3,(H,24,26). The van der Waals surface area contributed by atoms with Gasteiger partial charge in [0.25, 0.3) is 0 Å². The number of piperidine rings is 1. The summed E-state index contributed by atoms with van der Waals surface area (Å²) >= 11 is 0. The molecule has 2 aromatic rings. The van der Waals surface area contributed by atoms with Gasteiger partial charge in [-0.3, -0.25) is 9.20 Å². The number of amides is 1. The van der Waals surface area contributed by atoms with Crippen LogP contribution in [0.3, 0.4) is 0 Å². The predicted molar refractivity (Wildman–Crippen MR) is 84.7 cm³/mol. The molecular formula is C17H18F4N4O. The highest BCUT2D eigenvalue weighted by Gasteiger charge is 2.57. The van der Waals surface area contributed by atoms with Gasteiger partial charge in [0.1, 0.15) is 17.2 Å². The molecule has 140 valence electrons. The Labute approximate surface area is 146 Å². The lowest BCUT2D eigenvalue weighted by Gasteiger charge is -2.25. The Bertz CT molecular complexity index is 879. The average molecular weight is 370 g/mol. The molecule has 2 unspecified atom stereocenters. The molecule has 1 saturated heterocycles. The van der Waals surface area contributed by atoms with Gasteiger partial charge in [0, 0.05) is 12.1 Å². The summed E-state index contributed by atoms with van der Waals surface area (Å²) in [5.74, 6) is -0.828. The number of fused-ring (bicyclic) bond motifs is 2. The third kappa shape index (κ3) is 2.56. The van der Waals surface area contributed by atoms with E-state index in [0.29, 0.717) is 0 Å². The van der Waals surface area contributed by atoms with E-state index in [-0.39, 0.29) is 29.5 Å². The van der Waals surface area contributed by atoms with Crippen LogP contribution in [0.1, 0.15) is 25.4 Å². The zero-order valence-corrected chi connectivity index (χ0v) is 14.2. The Morgan fingerprint density at radius 2 is 1.96 bits per heavy atom. The lowest BCUT2D eigenvalue weighted by Crippen LogP contribution is -2.44. The number of imidazole rings is 1. The summed E-state index contributed by atoms with van der Waals surface area (Å²) in [6, 6.07) is 2.27. The van der Waals surface area contributed by atoms with Crippen LogP contribution in [-0.4, -0.2) is 28.4 Å². The fourth-order valence-electron chi connectivity index (χ4n) is 3.99. The molecule has 2 fully saturated rings. The molecule has 1 amide bonds. The van der Waals surface area contributed by atoms with E-state index in [1.54, 1.807) is 13.8 Å². The summed E-state index contributed by atoms with van der Waals surface area (Å²) in [7, 11) is 0. The SMILES string of the molecule is CC(C)(NC(=O)C1C2CNCC21)c1nc(C(F)(F)F)c2c(F)cccn12. The molecule has 0 spiro atoms. The molecule has 2 atom stereocenters. The van der Waals surface area contributed by atoms with E-state index in [2.05, 4.69) is 15.6 Å². The highest BCUT2D eigenvalue weighted by Crippen LogP contribution is 2.49.